The van der Waals surface area contributed by atoms with Gasteiger partial charge in [-0.3, -0.25) is 0 Å². The summed E-state index contributed by atoms with van der Waals surface area (Å²) in [4.78, 5) is 0. The summed E-state index contributed by atoms with van der Waals surface area (Å²) in [5.74, 6) is 0. The number of hydrogen-bond donors (Lipinski definition) is 0. The van der Waals surface area contributed by atoms with Gasteiger partial charge in [0.25, 0.3) is 0 Å². The Kier molecular flexibility index (Phi) is 6.73. The summed E-state index contributed by atoms with van der Waals surface area (Å²) >= 11 is 0. The van der Waals surface area contributed by atoms with Crippen LogP contribution in [0.2, 0.25) is 52.4 Å². The largest absolute Gasteiger partial charge is 0.107 e. The van der Waals surface area contributed by atoms with Gasteiger partial charge in [0.15, 0.2) is 0 Å². The maximum absolute atomic E-state index is 4.19. The fourth-order valence-electron chi connectivity index (χ4n) is 3.17. The second kappa shape index (κ2) is 7.58. The SMILES string of the molecule is C=C[Si](C)(C)c1cc([Si](C)(C)C=C)c([Si](C)(C)C=C)cc1[Si](C)(C)C=C. The lowest BCUT2D eigenvalue weighted by Crippen LogP contribution is -2.66. The minimum atomic E-state index is -1.71. The molecule has 1 aromatic rings. The standard InChI is InChI=1S/C22H38Si4/c1-13-23(5,6)19-17-21(25(9,10)15-3)22(26(11,12)16-4)18-20(19)24(7,8)14-2/h13-18H,1-4H2,5-12H3. The summed E-state index contributed by atoms with van der Waals surface area (Å²) < 4.78 is 0. The van der Waals surface area contributed by atoms with Gasteiger partial charge in [0.2, 0.25) is 0 Å². The molecule has 0 aliphatic carbocycles. The molecule has 0 amide bonds. The highest BCUT2D eigenvalue weighted by Gasteiger charge is 2.36. The Bertz CT molecular complexity index is 615. The van der Waals surface area contributed by atoms with Crippen molar-refractivity contribution in [3.63, 3.8) is 0 Å². The van der Waals surface area contributed by atoms with Gasteiger partial charge in [-0.1, -0.05) is 108 Å². The van der Waals surface area contributed by atoms with E-state index in [1.165, 1.54) is 0 Å². The highest BCUT2D eigenvalue weighted by Crippen LogP contribution is 2.14. The van der Waals surface area contributed by atoms with Crippen LogP contribution in [0.5, 0.6) is 0 Å². The van der Waals surface area contributed by atoms with E-state index < -0.39 is 32.3 Å². The van der Waals surface area contributed by atoms with Gasteiger partial charge < -0.3 is 0 Å². The Morgan fingerprint density at radius 2 is 0.615 bits per heavy atom. The van der Waals surface area contributed by atoms with Crippen molar-refractivity contribution in [3.8, 4) is 0 Å². The maximum atomic E-state index is 4.19. The topological polar surface area (TPSA) is 0 Å². The normalized spacial score (nSPS) is 13.2. The molecule has 0 spiro atoms. The first kappa shape index (κ1) is 23.1. The van der Waals surface area contributed by atoms with Crippen LogP contribution in [0.1, 0.15) is 0 Å². The average molecular weight is 415 g/mol. The zero-order valence-corrected chi connectivity index (χ0v) is 22.3. The third-order valence-corrected chi connectivity index (χ3v) is 17.8. The molecule has 0 aliphatic heterocycles. The fourth-order valence-corrected chi connectivity index (χ4v) is 13.3. The molecule has 0 aromatic heterocycles. The second-order valence-electron chi connectivity index (χ2n) is 9.65. The summed E-state index contributed by atoms with van der Waals surface area (Å²) in [7, 11) is -6.84. The molecular formula is C22H38Si4. The average Bonchev–Trinajstić information content (AvgIpc) is 2.60. The molecule has 0 N–H and O–H groups in total. The Labute approximate surface area is 166 Å². The van der Waals surface area contributed by atoms with Gasteiger partial charge >= 0.3 is 0 Å². The van der Waals surface area contributed by atoms with Crippen LogP contribution in [-0.4, -0.2) is 32.3 Å². The zero-order valence-electron chi connectivity index (χ0n) is 18.3. The monoisotopic (exact) mass is 414 g/mol. The van der Waals surface area contributed by atoms with E-state index in [1.54, 1.807) is 20.7 Å². The fraction of sp³-hybridized carbons (Fsp3) is 0.364. The van der Waals surface area contributed by atoms with Gasteiger partial charge in [-0.2, -0.15) is 0 Å². The van der Waals surface area contributed by atoms with E-state index in [4.69, 9.17) is 0 Å². The minimum absolute atomic E-state index is 1.55. The lowest BCUT2D eigenvalue weighted by atomic mass is 10.3. The molecule has 0 aliphatic rings. The Morgan fingerprint density at radius 1 is 0.462 bits per heavy atom. The molecule has 0 fully saturated rings. The predicted octanol–water partition coefficient (Wildman–Crippen LogP) is 4.25. The van der Waals surface area contributed by atoms with Crippen LogP contribution in [0.3, 0.4) is 0 Å². The van der Waals surface area contributed by atoms with Crippen LogP contribution in [0.4, 0.5) is 0 Å². The lowest BCUT2D eigenvalue weighted by molar-refractivity contribution is 1.70. The maximum Gasteiger partial charge on any atom is 0.103 e. The van der Waals surface area contributed by atoms with Crippen molar-refractivity contribution in [2.45, 2.75) is 52.4 Å². The molecule has 0 unspecified atom stereocenters. The third-order valence-electron chi connectivity index (χ3n) is 5.98. The van der Waals surface area contributed by atoms with Gasteiger partial charge in [0.05, 0.1) is 0 Å². The van der Waals surface area contributed by atoms with Crippen LogP contribution < -0.4 is 20.7 Å². The molecule has 0 bridgehead atoms. The molecule has 1 rings (SSSR count). The van der Waals surface area contributed by atoms with Gasteiger partial charge in [-0.15, -0.1) is 26.3 Å². The highest BCUT2D eigenvalue weighted by molar-refractivity contribution is 7.07. The van der Waals surface area contributed by atoms with E-state index in [9.17, 15) is 0 Å². The van der Waals surface area contributed by atoms with E-state index in [1.807, 2.05) is 0 Å². The number of hydrogen-bond acceptors (Lipinski definition) is 0. The molecule has 4 heteroatoms. The van der Waals surface area contributed by atoms with Crippen molar-refractivity contribution in [1.82, 2.24) is 0 Å². The van der Waals surface area contributed by atoms with E-state index >= 15 is 0 Å². The molecule has 142 valence electrons. The third kappa shape index (κ3) is 4.30. The van der Waals surface area contributed by atoms with Crippen molar-refractivity contribution in [2.75, 3.05) is 0 Å². The Morgan fingerprint density at radius 3 is 0.731 bits per heavy atom. The van der Waals surface area contributed by atoms with E-state index in [0.29, 0.717) is 0 Å². The molecule has 0 atom stereocenters. The molecule has 0 radical (unpaired) electrons. The zero-order chi connectivity index (χ0) is 20.6. The molecule has 0 nitrogen and oxygen atoms in total. The van der Waals surface area contributed by atoms with Crippen molar-refractivity contribution in [2.24, 2.45) is 0 Å². The van der Waals surface area contributed by atoms with Gasteiger partial charge in [0.1, 0.15) is 32.3 Å². The van der Waals surface area contributed by atoms with Crippen LogP contribution in [-0.2, 0) is 0 Å². The summed E-state index contributed by atoms with van der Waals surface area (Å²) in [5.41, 5.74) is 8.89. The van der Waals surface area contributed by atoms with Gasteiger partial charge in [-0.25, -0.2) is 0 Å². The van der Waals surface area contributed by atoms with Crippen LogP contribution in [0.15, 0.2) is 61.2 Å². The molecule has 26 heavy (non-hydrogen) atoms. The van der Waals surface area contributed by atoms with Gasteiger partial charge in [-0.05, 0) is 0 Å². The molecule has 0 saturated heterocycles. The first-order valence-electron chi connectivity index (χ1n) is 9.44. The number of benzene rings is 1. The summed E-state index contributed by atoms with van der Waals surface area (Å²) in [6.07, 6.45) is 0. The highest BCUT2D eigenvalue weighted by atomic mass is 28.3. The van der Waals surface area contributed by atoms with Crippen LogP contribution >= 0.6 is 0 Å². The minimum Gasteiger partial charge on any atom is -0.107 e. The molecular weight excluding hydrogens is 377 g/mol. The Balaban J connectivity index is 4.14. The van der Waals surface area contributed by atoms with Crippen molar-refractivity contribution in [3.05, 3.63) is 61.2 Å². The van der Waals surface area contributed by atoms with E-state index in [-0.39, 0.29) is 0 Å². The Hall–Kier alpha value is -0.952. The van der Waals surface area contributed by atoms with E-state index in [2.05, 4.69) is 114 Å². The van der Waals surface area contributed by atoms with Crippen LogP contribution in [0, 0.1) is 0 Å². The van der Waals surface area contributed by atoms with Gasteiger partial charge in [0, 0.05) is 0 Å². The van der Waals surface area contributed by atoms with E-state index in [0.717, 1.165) is 0 Å². The molecule has 0 heterocycles. The summed E-state index contributed by atoms with van der Waals surface area (Å²) in [5, 5.41) is 6.22. The first-order valence-corrected chi connectivity index (χ1v) is 21.8. The summed E-state index contributed by atoms with van der Waals surface area (Å²) in [6.45, 7) is 36.1. The number of rotatable bonds is 8. The van der Waals surface area contributed by atoms with Crippen molar-refractivity contribution in [1.29, 1.82) is 0 Å². The van der Waals surface area contributed by atoms with Crippen molar-refractivity contribution < 1.29 is 0 Å². The lowest BCUT2D eigenvalue weighted by Gasteiger charge is -2.36. The first-order chi connectivity index (χ1) is 11.7. The predicted molar refractivity (Wildman–Crippen MR) is 136 cm³/mol. The van der Waals surface area contributed by atoms with Crippen molar-refractivity contribution >= 4 is 53.0 Å². The molecule has 1 aromatic carbocycles. The quantitative estimate of drug-likeness (QED) is 0.558. The summed E-state index contributed by atoms with van der Waals surface area (Å²) in [6, 6.07) is 5.12. The molecule has 0 saturated carbocycles. The van der Waals surface area contributed by atoms with Crippen LogP contribution in [0.25, 0.3) is 0 Å². The smallest absolute Gasteiger partial charge is 0.103 e. The second-order valence-corrected chi connectivity index (χ2v) is 27.2.